The molecule has 0 fully saturated rings. The van der Waals surface area contributed by atoms with Crippen LogP contribution in [0.25, 0.3) is 0 Å². The van der Waals surface area contributed by atoms with Crippen LogP contribution >= 0.6 is 0 Å². The Kier molecular flexibility index (Phi) is 4.02. The third-order valence-corrected chi connectivity index (χ3v) is 3.69. The number of fused-ring (bicyclic) bond motifs is 1. The van der Waals surface area contributed by atoms with Crippen molar-refractivity contribution in [2.75, 3.05) is 0 Å². The Bertz CT molecular complexity index is 749. The fraction of sp³-hybridized carbons (Fsp3) is 0.222. The number of carbonyl (C=O) groups excluding carboxylic acids is 1. The molecule has 0 radical (unpaired) electrons. The van der Waals surface area contributed by atoms with E-state index in [1.807, 2.05) is 31.2 Å². The lowest BCUT2D eigenvalue weighted by molar-refractivity contribution is -0.150. The fourth-order valence-corrected chi connectivity index (χ4v) is 2.39. The number of aryl methyl sites for hydroxylation is 1. The van der Waals surface area contributed by atoms with Crippen LogP contribution in [-0.2, 0) is 22.6 Å². The van der Waals surface area contributed by atoms with E-state index in [2.05, 4.69) is 0 Å². The van der Waals surface area contributed by atoms with Gasteiger partial charge in [0, 0.05) is 18.1 Å². The predicted octanol–water partition coefficient (Wildman–Crippen LogP) is 2.53. The Morgan fingerprint density at radius 3 is 2.70 bits per heavy atom. The van der Waals surface area contributed by atoms with Crippen molar-refractivity contribution < 1.29 is 24.2 Å². The molecule has 5 heteroatoms. The number of ketones is 1. The largest absolute Gasteiger partial charge is 0.489 e. The quantitative estimate of drug-likeness (QED) is 0.878. The lowest BCUT2D eigenvalue weighted by Gasteiger charge is -2.22. The average Bonchev–Trinajstić information content (AvgIpc) is 2.53. The molecule has 1 heterocycles. The van der Waals surface area contributed by atoms with Gasteiger partial charge in [-0.2, -0.15) is 0 Å². The summed E-state index contributed by atoms with van der Waals surface area (Å²) in [6.45, 7) is 2.42. The number of carbonyl (C=O) groups is 2. The Labute approximate surface area is 133 Å². The highest BCUT2D eigenvalue weighted by atomic mass is 16.5. The molecule has 2 aromatic carbocycles. The van der Waals surface area contributed by atoms with Gasteiger partial charge in [0.15, 0.2) is 5.78 Å². The number of carboxylic acid groups (broad SMARTS) is 1. The summed E-state index contributed by atoms with van der Waals surface area (Å²) in [4.78, 5) is 22.7. The first-order chi connectivity index (χ1) is 11.0. The number of carboxylic acids is 1. The molecule has 0 saturated carbocycles. The van der Waals surface area contributed by atoms with E-state index < -0.39 is 17.9 Å². The molecule has 2 aromatic rings. The fourth-order valence-electron chi connectivity index (χ4n) is 2.39. The minimum Gasteiger partial charge on any atom is -0.489 e. The van der Waals surface area contributed by atoms with Gasteiger partial charge in [0.2, 0.25) is 0 Å². The number of aliphatic carboxylic acids is 1. The number of Topliss-reactive ketones (excluding diaryl/α,β-unsaturated/α-hetero) is 1. The summed E-state index contributed by atoms with van der Waals surface area (Å²) in [7, 11) is 0. The van der Waals surface area contributed by atoms with E-state index in [0.29, 0.717) is 23.7 Å². The Morgan fingerprint density at radius 2 is 2.00 bits per heavy atom. The molecule has 23 heavy (non-hydrogen) atoms. The average molecular weight is 312 g/mol. The first kappa shape index (κ1) is 15.1. The van der Waals surface area contributed by atoms with Crippen molar-refractivity contribution in [1.29, 1.82) is 0 Å². The molecular formula is C18H16O5. The normalized spacial score (nSPS) is 16.4. The zero-order valence-electron chi connectivity index (χ0n) is 12.6. The van der Waals surface area contributed by atoms with Gasteiger partial charge in [0.1, 0.15) is 18.1 Å². The van der Waals surface area contributed by atoms with Gasteiger partial charge in [0.05, 0.1) is 0 Å². The maximum absolute atomic E-state index is 11.7. The second-order valence-corrected chi connectivity index (χ2v) is 5.52. The van der Waals surface area contributed by atoms with E-state index in [-0.39, 0.29) is 6.42 Å². The number of benzene rings is 2. The van der Waals surface area contributed by atoms with Gasteiger partial charge >= 0.3 is 5.97 Å². The molecule has 1 unspecified atom stereocenters. The van der Waals surface area contributed by atoms with Gasteiger partial charge in [-0.15, -0.1) is 0 Å². The van der Waals surface area contributed by atoms with Gasteiger partial charge in [-0.25, -0.2) is 4.79 Å². The first-order valence-corrected chi connectivity index (χ1v) is 7.26. The lowest BCUT2D eigenvalue weighted by Crippen LogP contribution is -2.39. The van der Waals surface area contributed by atoms with Crippen LogP contribution in [0.15, 0.2) is 42.5 Å². The van der Waals surface area contributed by atoms with Gasteiger partial charge in [-0.05, 0) is 18.6 Å². The van der Waals surface area contributed by atoms with E-state index >= 15 is 0 Å². The van der Waals surface area contributed by atoms with Crippen LogP contribution in [0.4, 0.5) is 0 Å². The molecule has 1 aliphatic heterocycles. The smallest absolute Gasteiger partial charge is 0.352 e. The van der Waals surface area contributed by atoms with Crippen molar-refractivity contribution in [2.24, 2.45) is 0 Å². The Morgan fingerprint density at radius 1 is 1.26 bits per heavy atom. The molecule has 5 nitrogen and oxygen atoms in total. The van der Waals surface area contributed by atoms with Crippen LogP contribution in [0.5, 0.6) is 11.5 Å². The van der Waals surface area contributed by atoms with Gasteiger partial charge in [-0.1, -0.05) is 35.9 Å². The second-order valence-electron chi connectivity index (χ2n) is 5.52. The van der Waals surface area contributed by atoms with E-state index in [0.717, 1.165) is 5.56 Å². The first-order valence-electron chi connectivity index (χ1n) is 7.26. The van der Waals surface area contributed by atoms with E-state index in [1.165, 1.54) is 5.56 Å². The van der Waals surface area contributed by atoms with Crippen molar-refractivity contribution >= 4 is 11.8 Å². The number of ether oxygens (including phenoxy) is 2. The molecule has 118 valence electrons. The molecule has 0 bridgehead atoms. The van der Waals surface area contributed by atoms with Gasteiger partial charge in [0.25, 0.3) is 6.10 Å². The molecule has 1 atom stereocenters. The monoisotopic (exact) mass is 312 g/mol. The summed E-state index contributed by atoms with van der Waals surface area (Å²) < 4.78 is 11.0. The zero-order valence-corrected chi connectivity index (χ0v) is 12.6. The van der Waals surface area contributed by atoms with Crippen molar-refractivity contribution in [3.05, 3.63) is 59.2 Å². The van der Waals surface area contributed by atoms with Crippen molar-refractivity contribution in [3.8, 4) is 11.5 Å². The van der Waals surface area contributed by atoms with Crippen molar-refractivity contribution in [3.63, 3.8) is 0 Å². The second kappa shape index (κ2) is 6.12. The standard InChI is InChI=1S/C18H16O5/c1-11-2-4-12(5-3-11)10-22-14-7-6-13-8-15(19)17(18(20)21)23-16(13)9-14/h2-7,9,17H,8,10H2,1H3,(H,20,21). The Balaban J connectivity index is 1.73. The van der Waals surface area contributed by atoms with Gasteiger partial charge in [-0.3, -0.25) is 4.79 Å². The van der Waals surface area contributed by atoms with E-state index in [9.17, 15) is 9.59 Å². The summed E-state index contributed by atoms with van der Waals surface area (Å²) in [6, 6.07) is 13.1. The van der Waals surface area contributed by atoms with E-state index in [1.54, 1.807) is 18.2 Å². The molecule has 0 aliphatic carbocycles. The molecule has 1 N–H and O–H groups in total. The number of rotatable bonds is 4. The van der Waals surface area contributed by atoms with E-state index in [4.69, 9.17) is 14.6 Å². The molecule has 0 saturated heterocycles. The van der Waals surface area contributed by atoms with Crippen LogP contribution in [0.1, 0.15) is 16.7 Å². The van der Waals surface area contributed by atoms with Crippen molar-refractivity contribution in [1.82, 2.24) is 0 Å². The maximum Gasteiger partial charge on any atom is 0.352 e. The summed E-state index contributed by atoms with van der Waals surface area (Å²) in [6.07, 6.45) is -1.38. The topological polar surface area (TPSA) is 72.8 Å². The highest BCUT2D eigenvalue weighted by Gasteiger charge is 2.33. The SMILES string of the molecule is Cc1ccc(COc2ccc3c(c2)OC(C(=O)O)C(=O)C3)cc1. The molecule has 0 aromatic heterocycles. The number of hydrogen-bond acceptors (Lipinski definition) is 4. The third kappa shape index (κ3) is 3.34. The molecule has 0 spiro atoms. The predicted molar refractivity (Wildman–Crippen MR) is 82.7 cm³/mol. The highest BCUT2D eigenvalue weighted by molar-refractivity contribution is 6.03. The Hall–Kier alpha value is -2.82. The van der Waals surface area contributed by atoms with Crippen LogP contribution in [-0.4, -0.2) is 23.0 Å². The van der Waals surface area contributed by atoms with Crippen LogP contribution in [0.2, 0.25) is 0 Å². The summed E-state index contributed by atoms with van der Waals surface area (Å²) in [5, 5.41) is 9.00. The molecular weight excluding hydrogens is 296 g/mol. The van der Waals surface area contributed by atoms with Gasteiger partial charge < -0.3 is 14.6 Å². The lowest BCUT2D eigenvalue weighted by atomic mass is 10.0. The maximum atomic E-state index is 11.7. The van der Waals surface area contributed by atoms with Crippen molar-refractivity contribution in [2.45, 2.75) is 26.1 Å². The van der Waals surface area contributed by atoms with Crippen LogP contribution in [0.3, 0.4) is 0 Å². The summed E-state index contributed by atoms with van der Waals surface area (Å²) in [5.74, 6) is -0.758. The molecule has 3 rings (SSSR count). The van der Waals surface area contributed by atoms with Crippen LogP contribution < -0.4 is 9.47 Å². The minimum absolute atomic E-state index is 0.0601. The molecule has 1 aliphatic rings. The minimum atomic E-state index is -1.44. The third-order valence-electron chi connectivity index (χ3n) is 3.69. The number of hydrogen-bond donors (Lipinski definition) is 1. The summed E-state index contributed by atoms with van der Waals surface area (Å²) >= 11 is 0. The zero-order chi connectivity index (χ0) is 16.4. The van der Waals surface area contributed by atoms with Crippen LogP contribution in [0, 0.1) is 6.92 Å². The summed E-state index contributed by atoms with van der Waals surface area (Å²) in [5.41, 5.74) is 2.89. The highest BCUT2D eigenvalue weighted by Crippen LogP contribution is 2.30. The molecule has 0 amide bonds.